The van der Waals surface area contributed by atoms with E-state index in [0.717, 1.165) is 29.7 Å². The second-order valence-corrected chi connectivity index (χ2v) is 8.24. The first kappa shape index (κ1) is 22.8. The molecule has 1 aliphatic rings. The Morgan fingerprint density at radius 2 is 2.00 bits per heavy atom. The van der Waals surface area contributed by atoms with Crippen molar-refractivity contribution < 1.29 is 19.0 Å². The van der Waals surface area contributed by atoms with E-state index in [1.807, 2.05) is 40.7 Å². The summed E-state index contributed by atoms with van der Waals surface area (Å²) in [5, 5.41) is 0. The predicted octanol–water partition coefficient (Wildman–Crippen LogP) is 4.40. The number of ether oxygens (including phenoxy) is 3. The fourth-order valence-electron chi connectivity index (χ4n) is 3.61. The van der Waals surface area contributed by atoms with Crippen molar-refractivity contribution in [3.05, 3.63) is 40.2 Å². The molecular formula is C24H33N3O4. The highest BCUT2D eigenvalue weighted by Crippen LogP contribution is 2.32. The van der Waals surface area contributed by atoms with Gasteiger partial charge in [-0.2, -0.15) is 0 Å². The third-order valence-electron chi connectivity index (χ3n) is 5.23. The van der Waals surface area contributed by atoms with Crippen LogP contribution in [0.2, 0.25) is 0 Å². The van der Waals surface area contributed by atoms with E-state index in [9.17, 15) is 4.79 Å². The van der Waals surface area contributed by atoms with Crippen LogP contribution in [0.5, 0.6) is 17.5 Å². The lowest BCUT2D eigenvalue weighted by atomic mass is 10.1. The number of hydrogen-bond donors (Lipinski definition) is 0. The van der Waals surface area contributed by atoms with Crippen LogP contribution in [-0.4, -0.2) is 46.6 Å². The fourth-order valence-corrected chi connectivity index (χ4v) is 3.61. The van der Waals surface area contributed by atoms with E-state index in [1.165, 1.54) is 0 Å². The van der Waals surface area contributed by atoms with Gasteiger partial charge >= 0.3 is 0 Å². The number of carbonyl (C=O) groups is 1. The molecule has 3 rings (SSSR count). The summed E-state index contributed by atoms with van der Waals surface area (Å²) in [4.78, 5) is 24.3. The molecule has 0 aromatic carbocycles. The summed E-state index contributed by atoms with van der Waals surface area (Å²) in [7, 11) is 0. The van der Waals surface area contributed by atoms with Crippen molar-refractivity contribution >= 4 is 5.91 Å². The Labute approximate surface area is 184 Å². The van der Waals surface area contributed by atoms with Gasteiger partial charge in [0.05, 0.1) is 37.6 Å². The highest BCUT2D eigenvalue weighted by Gasteiger charge is 2.29. The third-order valence-corrected chi connectivity index (χ3v) is 5.23. The van der Waals surface area contributed by atoms with Gasteiger partial charge in [0.25, 0.3) is 5.91 Å². The first-order valence-corrected chi connectivity index (χ1v) is 11.0. The summed E-state index contributed by atoms with van der Waals surface area (Å²) in [6.45, 7) is 13.7. The maximum absolute atomic E-state index is 13.6. The number of fused-ring (bicyclic) bond motifs is 1. The van der Waals surface area contributed by atoms with Gasteiger partial charge in [0.1, 0.15) is 6.61 Å². The predicted molar refractivity (Wildman–Crippen MR) is 119 cm³/mol. The van der Waals surface area contributed by atoms with Crippen molar-refractivity contribution in [1.82, 2.24) is 14.9 Å². The van der Waals surface area contributed by atoms with Crippen molar-refractivity contribution in [2.45, 2.75) is 67.0 Å². The van der Waals surface area contributed by atoms with Crippen LogP contribution in [0.15, 0.2) is 12.3 Å². The zero-order valence-corrected chi connectivity index (χ0v) is 19.4. The minimum Gasteiger partial charge on any atom is -0.489 e. The number of hydrogen-bond acceptors (Lipinski definition) is 6. The van der Waals surface area contributed by atoms with Crippen LogP contribution in [-0.2, 0) is 6.54 Å². The molecule has 0 spiro atoms. The van der Waals surface area contributed by atoms with Crippen molar-refractivity contribution in [3.63, 3.8) is 0 Å². The molecule has 2 aromatic heterocycles. The van der Waals surface area contributed by atoms with Crippen LogP contribution in [0.1, 0.15) is 66.4 Å². The second kappa shape index (κ2) is 9.98. The first-order chi connectivity index (χ1) is 14.8. The molecule has 1 aliphatic heterocycles. The standard InChI is InChI=1S/C24H33N3O4/c1-7-8-10-30-23-19(16(4)12-17(5)26-23)14-27-9-11-29-20-13-25-22(31-15(2)3)18(6)21(20)24(27)28/h12-13,15H,7-11,14H2,1-6H3. The molecule has 2 aromatic rings. The molecule has 0 atom stereocenters. The molecule has 0 bridgehead atoms. The van der Waals surface area contributed by atoms with Gasteiger partial charge in [-0.25, -0.2) is 9.97 Å². The molecule has 3 heterocycles. The highest BCUT2D eigenvalue weighted by molar-refractivity contribution is 5.99. The van der Waals surface area contributed by atoms with Crippen molar-refractivity contribution in [3.8, 4) is 17.5 Å². The number of rotatable bonds is 8. The third kappa shape index (κ3) is 5.27. The van der Waals surface area contributed by atoms with Crippen LogP contribution < -0.4 is 14.2 Å². The molecule has 7 nitrogen and oxygen atoms in total. The summed E-state index contributed by atoms with van der Waals surface area (Å²) in [6, 6.07) is 2.03. The van der Waals surface area contributed by atoms with E-state index < -0.39 is 0 Å². The molecule has 0 saturated heterocycles. The van der Waals surface area contributed by atoms with E-state index >= 15 is 0 Å². The monoisotopic (exact) mass is 427 g/mol. The molecule has 0 N–H and O–H groups in total. The molecular weight excluding hydrogens is 394 g/mol. The minimum absolute atomic E-state index is 0.0359. The van der Waals surface area contributed by atoms with Crippen molar-refractivity contribution in [2.75, 3.05) is 19.8 Å². The Balaban J connectivity index is 1.93. The maximum Gasteiger partial charge on any atom is 0.258 e. The smallest absolute Gasteiger partial charge is 0.258 e. The average Bonchev–Trinajstić information content (AvgIpc) is 2.85. The Bertz CT molecular complexity index is 943. The first-order valence-electron chi connectivity index (χ1n) is 11.0. The summed E-state index contributed by atoms with van der Waals surface area (Å²) >= 11 is 0. The van der Waals surface area contributed by atoms with Crippen LogP contribution >= 0.6 is 0 Å². The summed E-state index contributed by atoms with van der Waals surface area (Å²) in [6.07, 6.45) is 3.56. The fraction of sp³-hybridized carbons (Fsp3) is 0.542. The van der Waals surface area contributed by atoms with Crippen LogP contribution in [0.3, 0.4) is 0 Å². The summed E-state index contributed by atoms with van der Waals surface area (Å²) in [5.41, 5.74) is 4.10. The van der Waals surface area contributed by atoms with Gasteiger partial charge in [-0.3, -0.25) is 4.79 Å². The Morgan fingerprint density at radius 1 is 1.23 bits per heavy atom. The zero-order chi connectivity index (χ0) is 22.5. The van der Waals surface area contributed by atoms with Gasteiger partial charge in [-0.1, -0.05) is 13.3 Å². The molecule has 0 saturated carbocycles. The summed E-state index contributed by atoms with van der Waals surface area (Å²) < 4.78 is 17.6. The summed E-state index contributed by atoms with van der Waals surface area (Å²) in [5.74, 6) is 1.48. The Kier molecular flexibility index (Phi) is 7.36. The minimum atomic E-state index is -0.0968. The van der Waals surface area contributed by atoms with Gasteiger partial charge in [0.2, 0.25) is 11.8 Å². The zero-order valence-electron chi connectivity index (χ0n) is 19.4. The van der Waals surface area contributed by atoms with Gasteiger partial charge in [-0.15, -0.1) is 0 Å². The molecule has 0 radical (unpaired) electrons. The van der Waals surface area contributed by atoms with E-state index in [2.05, 4.69) is 16.9 Å². The van der Waals surface area contributed by atoms with E-state index in [0.29, 0.717) is 54.9 Å². The molecule has 0 aliphatic carbocycles. The Hall–Kier alpha value is -2.83. The lowest BCUT2D eigenvalue weighted by Gasteiger charge is -2.23. The normalized spacial score (nSPS) is 13.6. The number of pyridine rings is 2. The molecule has 168 valence electrons. The quantitative estimate of drug-likeness (QED) is 0.581. The number of amides is 1. The van der Waals surface area contributed by atoms with Crippen LogP contribution in [0.25, 0.3) is 0 Å². The average molecular weight is 428 g/mol. The van der Waals surface area contributed by atoms with Gasteiger partial charge in [0, 0.05) is 16.8 Å². The molecule has 31 heavy (non-hydrogen) atoms. The number of aromatic nitrogens is 2. The second-order valence-electron chi connectivity index (χ2n) is 8.24. The van der Waals surface area contributed by atoms with E-state index in [4.69, 9.17) is 14.2 Å². The molecule has 0 fully saturated rings. The van der Waals surface area contributed by atoms with Gasteiger partial charge < -0.3 is 19.1 Å². The topological polar surface area (TPSA) is 73.8 Å². The molecule has 7 heteroatoms. The number of aryl methyl sites for hydroxylation is 2. The van der Waals surface area contributed by atoms with Crippen molar-refractivity contribution in [1.29, 1.82) is 0 Å². The largest absolute Gasteiger partial charge is 0.489 e. The van der Waals surface area contributed by atoms with Crippen LogP contribution in [0, 0.1) is 20.8 Å². The van der Waals surface area contributed by atoms with Crippen molar-refractivity contribution in [2.24, 2.45) is 0 Å². The van der Waals surface area contributed by atoms with Crippen LogP contribution in [0.4, 0.5) is 0 Å². The highest BCUT2D eigenvalue weighted by atomic mass is 16.5. The van der Waals surface area contributed by atoms with Gasteiger partial charge in [-0.05, 0) is 52.7 Å². The SMILES string of the molecule is CCCCOc1nc(C)cc(C)c1CN1CCOc2cnc(OC(C)C)c(C)c2C1=O. The lowest BCUT2D eigenvalue weighted by Crippen LogP contribution is -2.33. The van der Waals surface area contributed by atoms with Gasteiger partial charge in [0.15, 0.2) is 5.75 Å². The molecule has 0 unspecified atom stereocenters. The number of carbonyl (C=O) groups excluding carboxylic acids is 1. The Morgan fingerprint density at radius 3 is 2.71 bits per heavy atom. The molecule has 1 amide bonds. The number of nitrogens with zero attached hydrogens (tertiary/aromatic N) is 3. The van der Waals surface area contributed by atoms with E-state index in [-0.39, 0.29) is 12.0 Å². The van der Waals surface area contributed by atoms with E-state index in [1.54, 1.807) is 11.1 Å². The number of unbranched alkanes of at least 4 members (excludes halogenated alkanes) is 1. The lowest BCUT2D eigenvalue weighted by molar-refractivity contribution is 0.0739. The maximum atomic E-state index is 13.6.